The van der Waals surface area contributed by atoms with Crippen molar-refractivity contribution in [2.45, 2.75) is 0 Å². The Morgan fingerprint density at radius 1 is 1.22 bits per heavy atom. The summed E-state index contributed by atoms with van der Waals surface area (Å²) in [5, 5.41) is 6.89. The summed E-state index contributed by atoms with van der Waals surface area (Å²) in [6.45, 7) is 0. The van der Waals surface area contributed by atoms with Crippen LogP contribution in [-0.4, -0.2) is 90.3 Å². The van der Waals surface area contributed by atoms with Gasteiger partial charge in [0.05, 0.1) is 0 Å². The number of hydrogen-bond donors (Lipinski definition) is 3. The standard InChI is InChI=1S/BHO2.2Na.H2O3Si.2H/c2-1-3;;;1-4(2)3;;/h2H;;;1-2H;;. The van der Waals surface area contributed by atoms with Crippen molar-refractivity contribution >= 4 is 75.6 Å². The van der Waals surface area contributed by atoms with Crippen LogP contribution in [0.25, 0.3) is 0 Å². The fourth-order valence-electron chi connectivity index (χ4n) is 0. The second kappa shape index (κ2) is 22.8. The van der Waals surface area contributed by atoms with E-state index in [0.717, 1.165) is 0 Å². The molecule has 0 radical (unpaired) electrons. The number of rotatable bonds is 0. The maximum atomic E-state index is 8.74. The zero-order valence-electron chi connectivity index (χ0n) is 3.24. The van der Waals surface area contributed by atoms with Gasteiger partial charge in [0, 0.05) is 0 Å². The third kappa shape index (κ3) is 300. The predicted octanol–water partition coefficient (Wildman–Crippen LogP) is -3.97. The van der Waals surface area contributed by atoms with Gasteiger partial charge >= 0.3 is 85.4 Å². The van der Waals surface area contributed by atoms with E-state index in [-0.39, 0.29) is 66.5 Å². The minimum absolute atomic E-state index is 0. The van der Waals surface area contributed by atoms with Gasteiger partial charge in [0.1, 0.15) is 0 Å². The number of hydrogen-bond acceptors (Lipinski definition) is 2. The van der Waals surface area contributed by atoms with E-state index in [9.17, 15) is 0 Å². The van der Waals surface area contributed by atoms with E-state index in [2.05, 4.69) is 0 Å². The summed E-state index contributed by atoms with van der Waals surface area (Å²) in [4.78, 5) is 14.3. The first-order valence-corrected chi connectivity index (χ1v) is 2.45. The van der Waals surface area contributed by atoms with Crippen molar-refractivity contribution in [3.63, 3.8) is 0 Å². The molecule has 0 aromatic carbocycles. The van der Waals surface area contributed by atoms with Crippen molar-refractivity contribution in [2.24, 2.45) is 0 Å². The second-order valence-electron chi connectivity index (χ2n) is 0.388. The SMILES string of the molecule is O=BO.O=[Si](O)O.[NaH].[NaH]. The molecule has 0 unspecified atom stereocenters. The zero-order valence-corrected chi connectivity index (χ0v) is 4.24. The fraction of sp³-hybridized carbons (Fsp3) is 0. The van der Waals surface area contributed by atoms with Gasteiger partial charge in [-0.3, -0.25) is 4.46 Å². The van der Waals surface area contributed by atoms with Crippen molar-refractivity contribution in [1.29, 1.82) is 0 Å². The van der Waals surface area contributed by atoms with E-state index in [4.69, 9.17) is 23.8 Å². The van der Waals surface area contributed by atoms with E-state index in [1.165, 1.54) is 0 Å². The molecule has 0 heterocycles. The first-order valence-electron chi connectivity index (χ1n) is 1.15. The van der Waals surface area contributed by atoms with Crippen LogP contribution in [0.3, 0.4) is 0 Å². The van der Waals surface area contributed by atoms with Crippen LogP contribution < -0.4 is 0 Å². The quantitative estimate of drug-likeness (QED) is 0.322. The van der Waals surface area contributed by atoms with E-state index in [1.54, 1.807) is 0 Å². The summed E-state index contributed by atoms with van der Waals surface area (Å²) in [7, 11) is -3.38. The van der Waals surface area contributed by atoms with E-state index >= 15 is 0 Å². The summed E-state index contributed by atoms with van der Waals surface area (Å²) < 4.78 is 17.1. The summed E-state index contributed by atoms with van der Waals surface area (Å²) in [6.07, 6.45) is 0. The Balaban J connectivity index is -0.0000000233. The van der Waals surface area contributed by atoms with Crippen molar-refractivity contribution < 1.29 is 23.8 Å². The molecule has 3 N–H and O–H groups in total. The van der Waals surface area contributed by atoms with Crippen molar-refractivity contribution in [1.82, 2.24) is 0 Å². The minimum atomic E-state index is -3.13. The average Bonchev–Trinajstić information content (AvgIpc) is 1.33. The molecule has 0 saturated heterocycles. The zero-order chi connectivity index (χ0) is 6.28. The normalized spacial score (nSPS) is 3.56. The summed E-state index contributed by atoms with van der Waals surface area (Å²) in [5.74, 6) is 0. The molecule has 0 bridgehead atoms. The van der Waals surface area contributed by atoms with Crippen LogP contribution >= 0.6 is 0 Å². The Labute approximate surface area is 98.2 Å². The molecule has 0 amide bonds. The van der Waals surface area contributed by atoms with Crippen LogP contribution in [0.15, 0.2) is 0 Å². The van der Waals surface area contributed by atoms with Crippen LogP contribution in [-0.2, 0) is 9.17 Å². The molecule has 0 aliphatic heterocycles. The Bertz CT molecular complexity index is 62.0. The van der Waals surface area contributed by atoms with Gasteiger partial charge in [-0.2, -0.15) is 0 Å². The molecule has 9 heavy (non-hydrogen) atoms. The molecule has 9 heteroatoms. The fourth-order valence-corrected chi connectivity index (χ4v) is 0. The third-order valence-electron chi connectivity index (χ3n) is 0. The molecule has 0 saturated carbocycles. The molecule has 0 atom stereocenters. The first-order chi connectivity index (χ1) is 3.15. The Hall–Kier alpha value is 1.28. The summed E-state index contributed by atoms with van der Waals surface area (Å²) in [6, 6.07) is 0. The second-order valence-corrected chi connectivity index (χ2v) is 0.953. The predicted molar refractivity (Wildman–Crippen MR) is 33.8 cm³/mol. The van der Waals surface area contributed by atoms with Gasteiger partial charge in [0.2, 0.25) is 0 Å². The van der Waals surface area contributed by atoms with Crippen LogP contribution in [0, 0.1) is 0 Å². The molecular weight excluding hydrogens is 165 g/mol. The van der Waals surface area contributed by atoms with Gasteiger partial charge in [0.25, 0.3) is 0 Å². The van der Waals surface area contributed by atoms with Crippen molar-refractivity contribution in [3.8, 4) is 0 Å². The molecule has 44 valence electrons. The van der Waals surface area contributed by atoms with Gasteiger partial charge in [-0.05, 0) is 0 Å². The van der Waals surface area contributed by atoms with Gasteiger partial charge < -0.3 is 9.59 Å². The molecule has 0 aromatic heterocycles. The molecule has 5 nitrogen and oxygen atoms in total. The topological polar surface area (TPSA) is 94.8 Å². The van der Waals surface area contributed by atoms with Crippen LogP contribution in [0.5, 0.6) is 0 Å². The summed E-state index contributed by atoms with van der Waals surface area (Å²) in [5.41, 5.74) is 0. The molecular formula is H5BNa2O5Si. The van der Waals surface area contributed by atoms with Gasteiger partial charge in [-0.25, -0.2) is 0 Å². The molecule has 0 spiro atoms. The van der Waals surface area contributed by atoms with Gasteiger partial charge in [0.15, 0.2) is 0 Å². The molecule has 0 aromatic rings. The van der Waals surface area contributed by atoms with Crippen LogP contribution in [0.1, 0.15) is 0 Å². The first kappa shape index (κ1) is 22.4. The molecule has 0 fully saturated rings. The van der Waals surface area contributed by atoms with E-state index < -0.39 is 9.17 Å². The van der Waals surface area contributed by atoms with Gasteiger partial charge in [-0.1, -0.05) is 0 Å². The third-order valence-corrected chi connectivity index (χ3v) is 0. The average molecular weight is 170 g/mol. The van der Waals surface area contributed by atoms with Crippen molar-refractivity contribution in [3.05, 3.63) is 0 Å². The maximum absolute atomic E-state index is 8.74. The van der Waals surface area contributed by atoms with Crippen LogP contribution in [0.2, 0.25) is 0 Å². The van der Waals surface area contributed by atoms with E-state index in [1.807, 2.05) is 0 Å². The Kier molecular flexibility index (Phi) is 56.9. The Morgan fingerprint density at radius 3 is 1.22 bits per heavy atom. The summed E-state index contributed by atoms with van der Waals surface area (Å²) >= 11 is 0. The molecule has 0 aliphatic rings. The van der Waals surface area contributed by atoms with Crippen molar-refractivity contribution in [2.75, 3.05) is 0 Å². The molecule has 0 rings (SSSR count). The van der Waals surface area contributed by atoms with Crippen LogP contribution in [0.4, 0.5) is 0 Å². The van der Waals surface area contributed by atoms with E-state index in [0.29, 0.717) is 0 Å². The molecule has 0 aliphatic carbocycles. The van der Waals surface area contributed by atoms with Gasteiger partial charge in [-0.15, -0.1) is 0 Å². The monoisotopic (exact) mass is 170 g/mol. The Morgan fingerprint density at radius 2 is 1.22 bits per heavy atom.